The zero-order valence-electron chi connectivity index (χ0n) is 19.9. The molecule has 0 radical (unpaired) electrons. The van der Waals surface area contributed by atoms with Gasteiger partial charge in [0.25, 0.3) is 5.91 Å². The zero-order valence-corrected chi connectivity index (χ0v) is 22.1. The lowest BCUT2D eigenvalue weighted by Gasteiger charge is -2.44. The van der Waals surface area contributed by atoms with Gasteiger partial charge in [0.1, 0.15) is 17.2 Å². The van der Waals surface area contributed by atoms with Crippen LogP contribution < -0.4 is 4.90 Å². The van der Waals surface area contributed by atoms with Crippen molar-refractivity contribution in [3.63, 3.8) is 0 Å². The number of para-hydroxylation sites is 1. The summed E-state index contributed by atoms with van der Waals surface area (Å²) in [6, 6.07) is 19.6. The molecule has 0 saturated carbocycles. The lowest BCUT2D eigenvalue weighted by Crippen LogP contribution is -2.55. The van der Waals surface area contributed by atoms with E-state index >= 15 is 0 Å². The van der Waals surface area contributed by atoms with Gasteiger partial charge in [0.05, 0.1) is 24.1 Å². The summed E-state index contributed by atoms with van der Waals surface area (Å²) in [5.74, 6) is -2.27. The van der Waals surface area contributed by atoms with E-state index in [1.807, 2.05) is 36.4 Å². The Labute approximate surface area is 234 Å². The van der Waals surface area contributed by atoms with E-state index in [-0.39, 0.29) is 12.3 Å². The first kappa shape index (κ1) is 26.2. The molecule has 10 heteroatoms. The number of hydrogen-bond donors (Lipinski definition) is 1. The van der Waals surface area contributed by atoms with Crippen LogP contribution in [0.3, 0.4) is 0 Å². The number of carbonyl (C=O) groups excluding carboxylic acids is 2. The Hall–Kier alpha value is -3.39. The highest BCUT2D eigenvalue weighted by Gasteiger charge is 2.56. The fourth-order valence-corrected chi connectivity index (χ4v) is 5.94. The fourth-order valence-electron chi connectivity index (χ4n) is 5.18. The summed E-state index contributed by atoms with van der Waals surface area (Å²) >= 11 is 20.1. The first-order valence-corrected chi connectivity index (χ1v) is 13.0. The van der Waals surface area contributed by atoms with Crippen LogP contribution in [0.2, 0.25) is 10.0 Å². The summed E-state index contributed by atoms with van der Waals surface area (Å²) in [4.78, 5) is 37.9. The summed E-state index contributed by atoms with van der Waals surface area (Å²) < 4.78 is 0. The summed E-state index contributed by atoms with van der Waals surface area (Å²) in [5, 5.41) is 16.2. The highest BCUT2D eigenvalue weighted by atomic mass is 35.5. The number of hydrazone groups is 1. The Balaban J connectivity index is 1.65. The Morgan fingerprint density at radius 2 is 1.79 bits per heavy atom. The van der Waals surface area contributed by atoms with Gasteiger partial charge in [0, 0.05) is 28.4 Å². The van der Waals surface area contributed by atoms with E-state index in [0.717, 1.165) is 0 Å². The quantitative estimate of drug-likeness (QED) is 0.282. The molecule has 194 valence electrons. The minimum atomic E-state index is -1.56. The van der Waals surface area contributed by atoms with Gasteiger partial charge in [0.15, 0.2) is 0 Å². The highest BCUT2D eigenvalue weighted by Crippen LogP contribution is 2.51. The normalized spacial score (nSPS) is 23.3. The molecule has 3 aromatic rings. The van der Waals surface area contributed by atoms with Crippen LogP contribution in [-0.4, -0.2) is 45.4 Å². The van der Waals surface area contributed by atoms with Gasteiger partial charge in [-0.2, -0.15) is 5.10 Å². The van der Waals surface area contributed by atoms with Crippen molar-refractivity contribution < 1.29 is 19.5 Å². The molecule has 0 bridgehead atoms. The molecular weight excluding hydrogens is 549 g/mol. The van der Waals surface area contributed by atoms with Gasteiger partial charge in [-0.25, -0.2) is 0 Å². The first-order chi connectivity index (χ1) is 18.2. The maximum Gasteiger partial charge on any atom is 0.305 e. The number of alkyl halides is 1. The topological polar surface area (TPSA) is 90.3 Å². The van der Waals surface area contributed by atoms with E-state index in [0.29, 0.717) is 38.8 Å². The molecule has 2 aliphatic heterocycles. The van der Waals surface area contributed by atoms with Gasteiger partial charge in [0.2, 0.25) is 0 Å². The fraction of sp³-hybridized carbons (Fsp3) is 0.214. The Morgan fingerprint density at radius 1 is 1.08 bits per heavy atom. The van der Waals surface area contributed by atoms with E-state index in [9.17, 15) is 19.5 Å². The molecule has 0 aliphatic carbocycles. The number of hydrogen-bond acceptors (Lipinski definition) is 5. The second kappa shape index (κ2) is 10.4. The number of anilines is 2. The minimum absolute atomic E-state index is 0.102. The van der Waals surface area contributed by atoms with Crippen LogP contribution >= 0.6 is 34.8 Å². The maximum atomic E-state index is 14.3. The van der Waals surface area contributed by atoms with Crippen LogP contribution in [0.15, 0.2) is 77.9 Å². The Bertz CT molecular complexity index is 1420. The third-order valence-corrected chi connectivity index (χ3v) is 8.10. The second-order valence-electron chi connectivity index (χ2n) is 9.22. The summed E-state index contributed by atoms with van der Waals surface area (Å²) in [6.45, 7) is 0. The van der Waals surface area contributed by atoms with E-state index in [2.05, 4.69) is 5.10 Å². The predicted octanol–water partition coefficient (Wildman–Crippen LogP) is 5.89. The smallest absolute Gasteiger partial charge is 0.305 e. The van der Waals surface area contributed by atoms with E-state index in [1.54, 1.807) is 41.3 Å². The molecule has 0 spiro atoms. The number of halogens is 3. The number of carbonyl (C=O) groups is 3. The van der Waals surface area contributed by atoms with Crippen molar-refractivity contribution in [3.8, 4) is 0 Å². The highest BCUT2D eigenvalue weighted by molar-refractivity contribution is 6.41. The van der Waals surface area contributed by atoms with E-state index < -0.39 is 35.3 Å². The SMILES string of the molecule is O=CC(CC(=O)O)N1N=CC(C2(Cl)Cc3c(Cl)cccc3N(c3ccccc3)C2=O)C1c1ccc(Cl)cc1. The monoisotopic (exact) mass is 569 g/mol. The number of benzene rings is 3. The van der Waals surface area contributed by atoms with Crippen molar-refractivity contribution in [2.45, 2.75) is 29.8 Å². The summed E-state index contributed by atoms with van der Waals surface area (Å²) in [6.07, 6.45) is 1.72. The summed E-state index contributed by atoms with van der Waals surface area (Å²) in [5.41, 5.74) is 2.64. The molecule has 7 nitrogen and oxygen atoms in total. The van der Waals surface area contributed by atoms with Crippen LogP contribution in [0, 0.1) is 5.92 Å². The predicted molar refractivity (Wildman–Crippen MR) is 147 cm³/mol. The molecule has 0 aromatic heterocycles. The molecule has 2 aliphatic rings. The molecule has 4 unspecified atom stereocenters. The van der Waals surface area contributed by atoms with Crippen molar-refractivity contribution in [2.24, 2.45) is 11.0 Å². The molecule has 4 atom stereocenters. The van der Waals surface area contributed by atoms with Gasteiger partial charge >= 0.3 is 5.97 Å². The summed E-state index contributed by atoms with van der Waals surface area (Å²) in [7, 11) is 0. The van der Waals surface area contributed by atoms with Crippen LogP contribution in [0.5, 0.6) is 0 Å². The number of carboxylic acids is 1. The number of carboxylic acid groups (broad SMARTS) is 1. The Kier molecular flexibility index (Phi) is 7.18. The van der Waals surface area contributed by atoms with Crippen molar-refractivity contribution >= 4 is 70.6 Å². The number of amides is 1. The number of aliphatic carboxylic acids is 1. The van der Waals surface area contributed by atoms with E-state index in [1.165, 1.54) is 11.2 Å². The zero-order chi connectivity index (χ0) is 27.0. The van der Waals surface area contributed by atoms with Crippen molar-refractivity contribution in [1.82, 2.24) is 5.01 Å². The van der Waals surface area contributed by atoms with Crippen molar-refractivity contribution in [3.05, 3.63) is 94.0 Å². The van der Waals surface area contributed by atoms with Gasteiger partial charge in [-0.1, -0.05) is 59.6 Å². The number of rotatable bonds is 7. The van der Waals surface area contributed by atoms with Gasteiger partial charge in [-0.3, -0.25) is 19.5 Å². The average Bonchev–Trinajstić information content (AvgIpc) is 3.35. The molecule has 5 rings (SSSR count). The number of nitrogens with zero attached hydrogens (tertiary/aromatic N) is 3. The largest absolute Gasteiger partial charge is 0.481 e. The number of aldehydes is 1. The molecule has 0 saturated heterocycles. The standard InChI is InChI=1S/C28H22Cl3N3O4/c29-18-11-9-17(10-12-18)26-22(15-32-34(26)20(16-35)13-25(36)37)28(31)14-21-23(30)7-4-8-24(21)33(27(28)38)19-5-2-1-3-6-19/h1-12,15-16,20,22,26H,13-14H2,(H,36,37). The maximum absolute atomic E-state index is 14.3. The minimum Gasteiger partial charge on any atom is -0.481 e. The van der Waals surface area contributed by atoms with Gasteiger partial charge in [-0.05, 0) is 47.5 Å². The van der Waals surface area contributed by atoms with Crippen LogP contribution in [0.1, 0.15) is 23.6 Å². The van der Waals surface area contributed by atoms with Gasteiger partial charge < -0.3 is 9.90 Å². The first-order valence-electron chi connectivity index (χ1n) is 11.9. The molecule has 2 heterocycles. The van der Waals surface area contributed by atoms with E-state index in [4.69, 9.17) is 34.8 Å². The molecule has 1 amide bonds. The third kappa shape index (κ3) is 4.55. The van der Waals surface area contributed by atoms with Crippen molar-refractivity contribution in [2.75, 3.05) is 4.90 Å². The van der Waals surface area contributed by atoms with Crippen LogP contribution in [0.25, 0.3) is 0 Å². The lowest BCUT2D eigenvalue weighted by molar-refractivity contribution is -0.140. The Morgan fingerprint density at radius 3 is 2.45 bits per heavy atom. The van der Waals surface area contributed by atoms with Gasteiger partial charge in [-0.15, -0.1) is 11.6 Å². The molecule has 3 aromatic carbocycles. The molecular formula is C28H22Cl3N3O4. The third-order valence-electron chi connectivity index (χ3n) is 6.95. The van der Waals surface area contributed by atoms with Crippen molar-refractivity contribution in [1.29, 1.82) is 0 Å². The second-order valence-corrected chi connectivity index (χ2v) is 10.7. The molecule has 0 fully saturated rings. The van der Waals surface area contributed by atoms with Crippen LogP contribution in [0.4, 0.5) is 11.4 Å². The molecule has 38 heavy (non-hydrogen) atoms. The number of fused-ring (bicyclic) bond motifs is 1. The van der Waals surface area contributed by atoms with Crippen LogP contribution in [-0.2, 0) is 20.8 Å². The lowest BCUT2D eigenvalue weighted by atomic mass is 9.76. The average molecular weight is 571 g/mol. The molecule has 1 N–H and O–H groups in total.